The second-order valence-electron chi connectivity index (χ2n) is 7.76. The molecule has 1 unspecified atom stereocenters. The first-order valence-corrected chi connectivity index (χ1v) is 12.2. The summed E-state index contributed by atoms with van der Waals surface area (Å²) >= 11 is 0. The van der Waals surface area contributed by atoms with Crippen LogP contribution in [-0.4, -0.2) is 63.2 Å². The standard InChI is InChI=1S/C21H34N4O3S/c1-4-22-21(24-19-11-13-25(15-19)20(26)17(2)3)23-12-8-14-29(27,28)16-18-9-6-5-7-10-18/h5-7,9-10,17,19H,4,8,11-16H2,1-3H3,(H2,22,23,24). The van der Waals surface area contributed by atoms with E-state index in [4.69, 9.17) is 0 Å². The van der Waals surface area contributed by atoms with Crippen LogP contribution in [0.5, 0.6) is 0 Å². The van der Waals surface area contributed by atoms with Crippen LogP contribution < -0.4 is 10.6 Å². The van der Waals surface area contributed by atoms with Gasteiger partial charge in [0.2, 0.25) is 5.91 Å². The van der Waals surface area contributed by atoms with E-state index < -0.39 is 9.84 Å². The maximum atomic E-state index is 12.3. The summed E-state index contributed by atoms with van der Waals surface area (Å²) in [5.41, 5.74) is 0.813. The normalized spacial score (nSPS) is 17.6. The van der Waals surface area contributed by atoms with Crippen LogP contribution in [0.3, 0.4) is 0 Å². The largest absolute Gasteiger partial charge is 0.357 e. The third-order valence-electron chi connectivity index (χ3n) is 4.79. The zero-order valence-electron chi connectivity index (χ0n) is 17.7. The van der Waals surface area contributed by atoms with Gasteiger partial charge in [-0.15, -0.1) is 0 Å². The first-order valence-electron chi connectivity index (χ1n) is 10.4. The van der Waals surface area contributed by atoms with Crippen LogP contribution in [0.1, 0.15) is 39.2 Å². The molecule has 7 nitrogen and oxygen atoms in total. The molecule has 8 heteroatoms. The van der Waals surface area contributed by atoms with Gasteiger partial charge in [0.05, 0.1) is 11.5 Å². The molecule has 0 spiro atoms. The van der Waals surface area contributed by atoms with E-state index in [1.807, 2.05) is 56.0 Å². The zero-order chi connectivity index (χ0) is 21.3. The average molecular weight is 423 g/mol. The summed E-state index contributed by atoms with van der Waals surface area (Å²) < 4.78 is 24.6. The number of hydrogen-bond acceptors (Lipinski definition) is 4. The summed E-state index contributed by atoms with van der Waals surface area (Å²) in [4.78, 5) is 18.5. The zero-order valence-corrected chi connectivity index (χ0v) is 18.5. The highest BCUT2D eigenvalue weighted by molar-refractivity contribution is 7.90. The van der Waals surface area contributed by atoms with Crippen molar-refractivity contribution in [3.63, 3.8) is 0 Å². The minimum atomic E-state index is -3.15. The quantitative estimate of drug-likeness (QED) is 0.360. The van der Waals surface area contributed by atoms with E-state index in [0.717, 1.165) is 25.1 Å². The Kier molecular flexibility index (Phi) is 8.95. The number of rotatable bonds is 9. The van der Waals surface area contributed by atoms with Gasteiger partial charge in [0.25, 0.3) is 0 Å². The van der Waals surface area contributed by atoms with Crippen molar-refractivity contribution in [1.29, 1.82) is 0 Å². The summed E-state index contributed by atoms with van der Waals surface area (Å²) in [6, 6.07) is 9.40. The van der Waals surface area contributed by atoms with Crippen LogP contribution >= 0.6 is 0 Å². The number of carbonyl (C=O) groups excluding carboxylic acids is 1. The highest BCUT2D eigenvalue weighted by Crippen LogP contribution is 2.13. The van der Waals surface area contributed by atoms with Crippen molar-refractivity contribution in [2.75, 3.05) is 31.9 Å². The van der Waals surface area contributed by atoms with E-state index in [1.165, 1.54) is 0 Å². The van der Waals surface area contributed by atoms with E-state index >= 15 is 0 Å². The number of guanidine groups is 1. The topological polar surface area (TPSA) is 90.9 Å². The lowest BCUT2D eigenvalue weighted by molar-refractivity contribution is -0.133. The molecule has 29 heavy (non-hydrogen) atoms. The molecule has 0 saturated carbocycles. The first-order chi connectivity index (χ1) is 13.8. The number of aliphatic imine (C=N–C) groups is 1. The summed E-state index contributed by atoms with van der Waals surface area (Å²) in [7, 11) is -3.15. The first kappa shape index (κ1) is 23.2. The highest BCUT2D eigenvalue weighted by atomic mass is 32.2. The number of nitrogens with zero attached hydrogens (tertiary/aromatic N) is 2. The Balaban J connectivity index is 1.81. The predicted octanol–water partition coefficient (Wildman–Crippen LogP) is 1.80. The Bertz CT molecular complexity index is 778. The molecule has 0 radical (unpaired) electrons. The molecule has 1 fully saturated rings. The highest BCUT2D eigenvalue weighted by Gasteiger charge is 2.27. The molecule has 0 bridgehead atoms. The number of nitrogens with one attached hydrogen (secondary N) is 2. The van der Waals surface area contributed by atoms with Gasteiger partial charge in [0.15, 0.2) is 15.8 Å². The van der Waals surface area contributed by atoms with Crippen molar-refractivity contribution in [3.8, 4) is 0 Å². The van der Waals surface area contributed by atoms with Gasteiger partial charge in [-0.1, -0.05) is 44.2 Å². The van der Waals surface area contributed by atoms with E-state index in [2.05, 4.69) is 15.6 Å². The SMILES string of the molecule is CCNC(=NCCCS(=O)(=O)Cc1ccccc1)NC1CCN(C(=O)C(C)C)C1. The molecule has 2 rings (SSSR count). The predicted molar refractivity (Wildman–Crippen MR) is 117 cm³/mol. The molecule has 1 amide bonds. The molecule has 1 heterocycles. The molecule has 162 valence electrons. The molecule has 1 aromatic rings. The Morgan fingerprint density at radius 3 is 2.66 bits per heavy atom. The summed E-state index contributed by atoms with van der Waals surface area (Å²) in [6.45, 7) is 8.41. The average Bonchev–Trinajstić information content (AvgIpc) is 3.13. The summed E-state index contributed by atoms with van der Waals surface area (Å²) in [6.07, 6.45) is 1.36. The van der Waals surface area contributed by atoms with Gasteiger partial charge in [0, 0.05) is 38.1 Å². The van der Waals surface area contributed by atoms with Crippen LogP contribution in [0.4, 0.5) is 0 Å². The molecule has 1 aliphatic rings. The molecule has 2 N–H and O–H groups in total. The van der Waals surface area contributed by atoms with Crippen LogP contribution in [0, 0.1) is 5.92 Å². The van der Waals surface area contributed by atoms with Crippen molar-refractivity contribution in [3.05, 3.63) is 35.9 Å². The number of benzene rings is 1. The van der Waals surface area contributed by atoms with Gasteiger partial charge in [-0.05, 0) is 25.3 Å². The Morgan fingerprint density at radius 2 is 2.00 bits per heavy atom. The number of likely N-dealkylation sites (tertiary alicyclic amines) is 1. The fourth-order valence-corrected chi connectivity index (χ4v) is 4.75. The lowest BCUT2D eigenvalue weighted by Gasteiger charge is -2.20. The molecule has 0 aliphatic carbocycles. The third kappa shape index (κ3) is 8.04. The Labute approximate surface area is 174 Å². The molecule has 1 aliphatic heterocycles. The monoisotopic (exact) mass is 422 g/mol. The van der Waals surface area contributed by atoms with Crippen molar-refractivity contribution in [2.45, 2.75) is 45.4 Å². The van der Waals surface area contributed by atoms with Crippen molar-refractivity contribution >= 4 is 21.7 Å². The molecule has 1 aromatic carbocycles. The summed E-state index contributed by atoms with van der Waals surface area (Å²) in [5, 5.41) is 6.57. The van der Waals surface area contributed by atoms with Crippen LogP contribution in [0.2, 0.25) is 0 Å². The smallest absolute Gasteiger partial charge is 0.225 e. The lowest BCUT2D eigenvalue weighted by Crippen LogP contribution is -2.45. The van der Waals surface area contributed by atoms with E-state index in [1.54, 1.807) is 0 Å². The number of amides is 1. The maximum Gasteiger partial charge on any atom is 0.225 e. The van der Waals surface area contributed by atoms with Gasteiger partial charge >= 0.3 is 0 Å². The van der Waals surface area contributed by atoms with Crippen LogP contribution in [0.25, 0.3) is 0 Å². The van der Waals surface area contributed by atoms with Crippen LogP contribution in [0.15, 0.2) is 35.3 Å². The van der Waals surface area contributed by atoms with Gasteiger partial charge in [-0.2, -0.15) is 0 Å². The van der Waals surface area contributed by atoms with Crippen molar-refractivity contribution in [1.82, 2.24) is 15.5 Å². The van der Waals surface area contributed by atoms with Crippen molar-refractivity contribution in [2.24, 2.45) is 10.9 Å². The van der Waals surface area contributed by atoms with Gasteiger partial charge in [0.1, 0.15) is 0 Å². The third-order valence-corrected chi connectivity index (χ3v) is 6.48. The molecular formula is C21H34N4O3S. The fraction of sp³-hybridized carbons (Fsp3) is 0.619. The molecule has 0 aromatic heterocycles. The second kappa shape index (κ2) is 11.2. The van der Waals surface area contributed by atoms with Crippen molar-refractivity contribution < 1.29 is 13.2 Å². The number of sulfone groups is 1. The van der Waals surface area contributed by atoms with Gasteiger partial charge in [-0.25, -0.2) is 8.42 Å². The van der Waals surface area contributed by atoms with Gasteiger partial charge < -0.3 is 15.5 Å². The maximum absolute atomic E-state index is 12.3. The summed E-state index contributed by atoms with van der Waals surface area (Å²) in [5.74, 6) is 1.05. The van der Waals surface area contributed by atoms with E-state index in [9.17, 15) is 13.2 Å². The Hall–Kier alpha value is -2.09. The molecule has 1 atom stereocenters. The van der Waals surface area contributed by atoms with E-state index in [-0.39, 0.29) is 29.4 Å². The van der Waals surface area contributed by atoms with Gasteiger partial charge in [-0.3, -0.25) is 9.79 Å². The Morgan fingerprint density at radius 1 is 1.28 bits per heavy atom. The second-order valence-corrected chi connectivity index (χ2v) is 9.94. The molecular weight excluding hydrogens is 388 g/mol. The van der Waals surface area contributed by atoms with E-state index in [0.29, 0.717) is 25.5 Å². The minimum absolute atomic E-state index is 0.00786. The number of hydrogen-bond donors (Lipinski definition) is 2. The fourth-order valence-electron chi connectivity index (χ4n) is 3.33. The van der Waals surface area contributed by atoms with Crippen LogP contribution in [-0.2, 0) is 20.4 Å². The minimum Gasteiger partial charge on any atom is -0.357 e. The molecule has 1 saturated heterocycles. The lowest BCUT2D eigenvalue weighted by atomic mass is 10.2. The number of carbonyl (C=O) groups is 1.